The van der Waals surface area contributed by atoms with Crippen molar-refractivity contribution in [2.45, 2.75) is 31.9 Å². The number of aryl methyl sites for hydroxylation is 1. The van der Waals surface area contributed by atoms with Gasteiger partial charge in [0.25, 0.3) is 0 Å². The molecule has 4 rings (SSSR count). The number of nitrogens with zero attached hydrogens (tertiary/aromatic N) is 3. The van der Waals surface area contributed by atoms with Crippen LogP contribution in [0.2, 0.25) is 5.02 Å². The van der Waals surface area contributed by atoms with Gasteiger partial charge in [0.15, 0.2) is 21.3 Å². The van der Waals surface area contributed by atoms with Gasteiger partial charge in [0.05, 0.1) is 48.5 Å². The van der Waals surface area contributed by atoms with Crippen LogP contribution in [0.3, 0.4) is 0 Å². The van der Waals surface area contributed by atoms with Crippen molar-refractivity contribution in [1.82, 2.24) is 14.5 Å². The van der Waals surface area contributed by atoms with Crippen LogP contribution in [0.4, 0.5) is 0 Å². The number of imidazole rings is 1. The molecule has 2 aromatic heterocycles. The van der Waals surface area contributed by atoms with Crippen molar-refractivity contribution in [3.63, 3.8) is 0 Å². The molecule has 9 nitrogen and oxygen atoms in total. The minimum absolute atomic E-state index is 0.0338. The number of carbonyl (C=O) groups excluding carboxylic acids is 1. The average Bonchev–Trinajstić information content (AvgIpc) is 3.26. The summed E-state index contributed by atoms with van der Waals surface area (Å²) in [4.78, 5) is 21.7. The van der Waals surface area contributed by atoms with Gasteiger partial charge in [-0.1, -0.05) is 23.7 Å². The average molecular weight is 544 g/mol. The smallest absolute Gasteiger partial charge is 0.340 e. The first kappa shape index (κ1) is 26.4. The number of fused-ring (bicyclic) bond motifs is 1. The highest BCUT2D eigenvalue weighted by Crippen LogP contribution is 2.37. The van der Waals surface area contributed by atoms with E-state index in [1.54, 1.807) is 49.6 Å². The highest BCUT2D eigenvalue weighted by Gasteiger charge is 2.25. The van der Waals surface area contributed by atoms with Gasteiger partial charge in [0.2, 0.25) is 0 Å². The zero-order valence-corrected chi connectivity index (χ0v) is 22.1. The van der Waals surface area contributed by atoms with Crippen LogP contribution in [-0.2, 0) is 32.6 Å². The van der Waals surface area contributed by atoms with Gasteiger partial charge in [-0.25, -0.2) is 18.2 Å². The number of methoxy groups -OCH3 is 1. The number of rotatable bonds is 9. The van der Waals surface area contributed by atoms with E-state index in [4.69, 9.17) is 21.1 Å². The summed E-state index contributed by atoms with van der Waals surface area (Å²) in [6, 6.07) is 9.58. The molecule has 1 N–H and O–H groups in total. The van der Waals surface area contributed by atoms with E-state index in [0.29, 0.717) is 32.9 Å². The maximum atomic E-state index is 13.2. The zero-order valence-electron chi connectivity index (χ0n) is 20.6. The second-order valence-electron chi connectivity index (χ2n) is 8.44. The molecule has 0 radical (unpaired) electrons. The summed E-state index contributed by atoms with van der Waals surface area (Å²) in [6.07, 6.45) is 3.39. The summed E-state index contributed by atoms with van der Waals surface area (Å²) in [5, 5.41) is 11.9. The number of hydrogen-bond acceptors (Lipinski definition) is 8. The van der Waals surface area contributed by atoms with Crippen LogP contribution in [0, 0.1) is 6.92 Å². The number of halogens is 1. The summed E-state index contributed by atoms with van der Waals surface area (Å²) >= 11 is 5.92. The van der Waals surface area contributed by atoms with E-state index < -0.39 is 21.6 Å². The van der Waals surface area contributed by atoms with Gasteiger partial charge in [-0.3, -0.25) is 4.98 Å². The highest BCUT2D eigenvalue weighted by atomic mass is 35.5. The minimum Gasteiger partial charge on any atom is -0.504 e. The largest absolute Gasteiger partial charge is 0.504 e. The third-order valence-electron chi connectivity index (χ3n) is 5.85. The van der Waals surface area contributed by atoms with Gasteiger partial charge >= 0.3 is 5.97 Å². The summed E-state index contributed by atoms with van der Waals surface area (Å²) in [6.45, 7) is 3.79. The number of carbonyl (C=O) groups is 1. The molecule has 2 aromatic carbocycles. The molecule has 0 aliphatic rings. The Morgan fingerprint density at radius 1 is 1.16 bits per heavy atom. The van der Waals surface area contributed by atoms with Crippen molar-refractivity contribution in [2.75, 3.05) is 13.7 Å². The molecule has 4 aromatic rings. The van der Waals surface area contributed by atoms with Crippen LogP contribution >= 0.6 is 11.6 Å². The van der Waals surface area contributed by atoms with E-state index in [0.717, 1.165) is 0 Å². The lowest BCUT2D eigenvalue weighted by atomic mass is 10.0. The molecule has 0 bridgehead atoms. The van der Waals surface area contributed by atoms with E-state index in [9.17, 15) is 18.3 Å². The molecule has 0 saturated heterocycles. The number of aromatic nitrogens is 3. The molecule has 0 fully saturated rings. The van der Waals surface area contributed by atoms with Gasteiger partial charge in [0.1, 0.15) is 5.82 Å². The Bertz CT molecular complexity index is 1570. The molecule has 0 saturated carbocycles. The van der Waals surface area contributed by atoms with Crippen LogP contribution in [0.25, 0.3) is 10.9 Å². The summed E-state index contributed by atoms with van der Waals surface area (Å²) < 4.78 is 38.7. The first-order chi connectivity index (χ1) is 17.6. The fraction of sp³-hybridized carbons (Fsp3) is 0.269. The molecule has 194 valence electrons. The number of pyridine rings is 1. The first-order valence-corrected chi connectivity index (χ1v) is 13.6. The molecular formula is C26H26ClN3O6S. The van der Waals surface area contributed by atoms with Crippen LogP contribution in [-0.4, -0.2) is 47.7 Å². The number of ether oxygens (including phenoxy) is 2. The quantitative estimate of drug-likeness (QED) is 0.307. The van der Waals surface area contributed by atoms with Gasteiger partial charge in [0, 0.05) is 28.4 Å². The molecule has 0 aliphatic heterocycles. The third-order valence-corrected chi connectivity index (χ3v) is 7.58. The van der Waals surface area contributed by atoms with E-state index in [1.807, 2.05) is 11.5 Å². The second kappa shape index (κ2) is 10.8. The van der Waals surface area contributed by atoms with E-state index >= 15 is 0 Å². The van der Waals surface area contributed by atoms with E-state index in [-0.39, 0.29) is 41.7 Å². The SMILES string of the molecule is CCOC(=O)c1cc2cc(OC)c(O)c(Cn3ccnc3C)c2nc1CS(=O)(=O)Cc1ccc(Cl)cc1. The number of hydrogen-bond donors (Lipinski definition) is 1. The maximum absolute atomic E-state index is 13.2. The maximum Gasteiger partial charge on any atom is 0.340 e. The normalized spacial score (nSPS) is 11.6. The topological polar surface area (TPSA) is 121 Å². The third kappa shape index (κ3) is 5.86. The number of esters is 1. The van der Waals surface area contributed by atoms with Crippen LogP contribution in [0.1, 0.15) is 39.9 Å². The molecule has 37 heavy (non-hydrogen) atoms. The van der Waals surface area contributed by atoms with E-state index in [1.165, 1.54) is 13.2 Å². The van der Waals surface area contributed by atoms with Crippen molar-refractivity contribution >= 4 is 38.3 Å². The Balaban J connectivity index is 1.86. The minimum atomic E-state index is -3.75. The molecule has 0 unspecified atom stereocenters. The lowest BCUT2D eigenvalue weighted by Gasteiger charge is -2.16. The number of aromatic hydroxyl groups is 1. The number of phenolic OH excluding ortho intramolecular Hbond substituents is 1. The molecule has 11 heteroatoms. The van der Waals surface area contributed by atoms with Crippen molar-refractivity contribution in [2.24, 2.45) is 0 Å². The Morgan fingerprint density at radius 3 is 2.51 bits per heavy atom. The predicted molar refractivity (Wildman–Crippen MR) is 140 cm³/mol. The number of benzene rings is 2. The Morgan fingerprint density at radius 2 is 1.89 bits per heavy atom. The summed E-state index contributed by atoms with van der Waals surface area (Å²) in [5.41, 5.74) is 1.37. The highest BCUT2D eigenvalue weighted by molar-refractivity contribution is 7.89. The monoisotopic (exact) mass is 543 g/mol. The van der Waals surface area contributed by atoms with E-state index in [2.05, 4.69) is 9.97 Å². The predicted octanol–water partition coefficient (Wildman–Crippen LogP) is 4.45. The van der Waals surface area contributed by atoms with Crippen molar-refractivity contribution < 1.29 is 27.8 Å². The molecule has 2 heterocycles. The van der Waals surface area contributed by atoms with Crippen molar-refractivity contribution in [3.05, 3.63) is 82.0 Å². The number of phenols is 1. The first-order valence-electron chi connectivity index (χ1n) is 11.4. The molecular weight excluding hydrogens is 518 g/mol. The zero-order chi connectivity index (χ0) is 26.7. The Kier molecular flexibility index (Phi) is 7.70. The van der Waals surface area contributed by atoms with Crippen molar-refractivity contribution in [3.8, 4) is 11.5 Å². The Hall–Kier alpha value is -3.63. The van der Waals surface area contributed by atoms with Crippen LogP contribution in [0.5, 0.6) is 11.5 Å². The molecule has 0 atom stereocenters. The van der Waals surface area contributed by atoms with Gasteiger partial charge < -0.3 is 19.1 Å². The Labute approximate surface area is 219 Å². The molecule has 0 spiro atoms. The fourth-order valence-electron chi connectivity index (χ4n) is 4.03. The van der Waals surface area contributed by atoms with Gasteiger partial charge in [-0.15, -0.1) is 0 Å². The fourth-order valence-corrected chi connectivity index (χ4v) is 5.59. The number of sulfone groups is 1. The van der Waals surface area contributed by atoms with Gasteiger partial charge in [-0.05, 0) is 43.7 Å². The van der Waals surface area contributed by atoms with Gasteiger partial charge in [-0.2, -0.15) is 0 Å². The summed E-state index contributed by atoms with van der Waals surface area (Å²) in [5.74, 6) is -0.677. The molecule has 0 aliphatic carbocycles. The van der Waals surface area contributed by atoms with Crippen molar-refractivity contribution in [1.29, 1.82) is 0 Å². The summed E-state index contributed by atoms with van der Waals surface area (Å²) in [7, 11) is -2.33. The lowest BCUT2D eigenvalue weighted by molar-refractivity contribution is 0.0525. The standard InChI is InChI=1S/C26H26ClN3O6S/c1-4-36-26(32)20-11-18-12-23(35-3)25(31)21(13-30-10-9-28-16(30)2)24(18)29-22(20)15-37(33,34)14-17-5-7-19(27)8-6-17/h5-12,31H,4,13-15H2,1-3H3. The molecule has 0 amide bonds. The lowest BCUT2D eigenvalue weighted by Crippen LogP contribution is -2.16. The van der Waals surface area contributed by atoms with Crippen LogP contribution < -0.4 is 4.74 Å². The van der Waals surface area contributed by atoms with Crippen LogP contribution in [0.15, 0.2) is 48.8 Å². The second-order valence-corrected chi connectivity index (χ2v) is 10.9.